The van der Waals surface area contributed by atoms with E-state index < -0.39 is 35.2 Å². The Bertz CT molecular complexity index is 1090. The fourth-order valence-electron chi connectivity index (χ4n) is 5.14. The van der Waals surface area contributed by atoms with Crippen molar-refractivity contribution >= 4 is 6.09 Å². The molecule has 0 aliphatic carbocycles. The highest BCUT2D eigenvalue weighted by Crippen LogP contribution is 2.37. The highest BCUT2D eigenvalue weighted by molar-refractivity contribution is 5.70. The molecule has 0 N–H and O–H groups in total. The predicted octanol–water partition coefficient (Wildman–Crippen LogP) is 6.15. The van der Waals surface area contributed by atoms with Crippen molar-refractivity contribution in [1.82, 2.24) is 9.80 Å². The molecule has 6 nitrogen and oxygen atoms in total. The number of alkyl halides is 6. The molecule has 0 unspecified atom stereocenters. The predicted molar refractivity (Wildman–Crippen MR) is 134 cm³/mol. The first-order valence-corrected chi connectivity index (χ1v) is 13.1. The zero-order chi connectivity index (χ0) is 29.0. The smallest absolute Gasteiger partial charge is 0.416 e. The first kappa shape index (κ1) is 30.1. The second-order valence-electron chi connectivity index (χ2n) is 10.2. The van der Waals surface area contributed by atoms with Crippen LogP contribution in [0.5, 0.6) is 0 Å². The first-order chi connectivity index (χ1) is 18.9. The molecule has 2 saturated heterocycles. The number of hydrogen-bond acceptors (Lipinski definition) is 5. The summed E-state index contributed by atoms with van der Waals surface area (Å²) >= 11 is 0. The molecule has 0 aromatic heterocycles. The Labute approximate surface area is 228 Å². The zero-order valence-corrected chi connectivity index (χ0v) is 22.1. The van der Waals surface area contributed by atoms with Gasteiger partial charge in [0.25, 0.3) is 0 Å². The second kappa shape index (κ2) is 12.4. The van der Waals surface area contributed by atoms with Crippen LogP contribution in [0, 0.1) is 0 Å². The summed E-state index contributed by atoms with van der Waals surface area (Å²) in [4.78, 5) is 16.0. The summed E-state index contributed by atoms with van der Waals surface area (Å²) in [5.74, 6) is 0. The normalized spacial score (nSPS) is 18.1. The number of hydrogen-bond donors (Lipinski definition) is 0. The molecule has 4 rings (SSSR count). The fourth-order valence-corrected chi connectivity index (χ4v) is 5.14. The van der Waals surface area contributed by atoms with E-state index in [0.29, 0.717) is 58.6 Å². The molecule has 1 amide bonds. The summed E-state index contributed by atoms with van der Waals surface area (Å²) in [6.45, 7) is 3.54. The summed E-state index contributed by atoms with van der Waals surface area (Å²) < 4.78 is 96.7. The zero-order valence-electron chi connectivity index (χ0n) is 22.1. The molecule has 2 aliphatic rings. The summed E-state index contributed by atoms with van der Waals surface area (Å²) in [7, 11) is 1.57. The molecule has 220 valence electrons. The summed E-state index contributed by atoms with van der Waals surface area (Å²) in [5, 5.41) is 0. The number of likely N-dealkylation sites (tertiary alicyclic amines) is 1. The number of ether oxygens (including phenoxy) is 3. The second-order valence-corrected chi connectivity index (χ2v) is 10.2. The first-order valence-electron chi connectivity index (χ1n) is 13.1. The van der Waals surface area contributed by atoms with Crippen LogP contribution in [-0.2, 0) is 26.6 Å². The van der Waals surface area contributed by atoms with Gasteiger partial charge in [-0.15, -0.1) is 0 Å². The van der Waals surface area contributed by atoms with Crippen molar-refractivity contribution in [2.45, 2.75) is 43.3 Å². The van der Waals surface area contributed by atoms with Gasteiger partial charge in [-0.05, 0) is 41.8 Å². The maximum atomic E-state index is 13.3. The van der Waals surface area contributed by atoms with Crippen LogP contribution in [0.4, 0.5) is 31.1 Å². The average molecular weight is 575 g/mol. The van der Waals surface area contributed by atoms with Gasteiger partial charge in [-0.3, -0.25) is 0 Å². The molecule has 0 saturated carbocycles. The quantitative estimate of drug-likeness (QED) is 0.252. The van der Waals surface area contributed by atoms with Crippen molar-refractivity contribution in [3.05, 3.63) is 70.8 Å². The van der Waals surface area contributed by atoms with Crippen LogP contribution in [0.2, 0.25) is 0 Å². The SMILES string of the molecule is COCCN1CC2(CCN(CCCOC(c3cccc(C(F)(F)F)c3)c3cccc(C(F)(F)F)c3)CC2)OC1=O. The van der Waals surface area contributed by atoms with Crippen molar-refractivity contribution in [2.75, 3.05) is 53.0 Å². The molecule has 2 aliphatic heterocycles. The fraction of sp³-hybridized carbons (Fsp3) is 0.536. The Kier molecular flexibility index (Phi) is 9.31. The van der Waals surface area contributed by atoms with E-state index in [1.54, 1.807) is 12.0 Å². The molecule has 40 heavy (non-hydrogen) atoms. The number of rotatable bonds is 10. The lowest BCUT2D eigenvalue weighted by atomic mass is 9.91. The van der Waals surface area contributed by atoms with Gasteiger partial charge >= 0.3 is 18.4 Å². The maximum absolute atomic E-state index is 13.3. The number of benzene rings is 2. The van der Waals surface area contributed by atoms with E-state index in [0.717, 1.165) is 24.3 Å². The van der Waals surface area contributed by atoms with Crippen LogP contribution < -0.4 is 0 Å². The van der Waals surface area contributed by atoms with Gasteiger partial charge in [0, 0.05) is 52.7 Å². The Balaban J connectivity index is 1.37. The Hall–Kier alpha value is -2.83. The number of piperidine rings is 1. The van der Waals surface area contributed by atoms with Gasteiger partial charge in [0.2, 0.25) is 0 Å². The van der Waals surface area contributed by atoms with Crippen LogP contribution in [-0.4, -0.2) is 74.5 Å². The van der Waals surface area contributed by atoms with E-state index in [4.69, 9.17) is 14.2 Å². The topological polar surface area (TPSA) is 51.2 Å². The largest absolute Gasteiger partial charge is 0.441 e. The third kappa shape index (κ3) is 7.46. The lowest BCUT2D eigenvalue weighted by Gasteiger charge is -2.37. The molecule has 2 heterocycles. The van der Waals surface area contributed by atoms with E-state index in [1.807, 2.05) is 0 Å². The lowest BCUT2D eigenvalue weighted by Crippen LogP contribution is -2.47. The number of amides is 1. The summed E-state index contributed by atoms with van der Waals surface area (Å²) in [6.07, 6.45) is -8.80. The highest BCUT2D eigenvalue weighted by atomic mass is 19.4. The summed E-state index contributed by atoms with van der Waals surface area (Å²) in [6, 6.07) is 8.92. The van der Waals surface area contributed by atoms with Crippen LogP contribution >= 0.6 is 0 Å². The molecule has 2 aromatic rings. The van der Waals surface area contributed by atoms with Gasteiger partial charge in [-0.2, -0.15) is 26.3 Å². The molecular weight excluding hydrogens is 542 g/mol. The standard InChI is InChI=1S/C28H32F6N2O4/c1-38-16-14-36-19-26(40-25(36)37)9-12-35(13-10-26)11-4-15-39-24(20-5-2-7-22(17-20)27(29,30)31)21-6-3-8-23(18-21)28(32,33)34/h2-3,5-8,17-18,24H,4,9-16,19H2,1H3. The average Bonchev–Trinajstić information content (AvgIpc) is 3.22. The number of carbonyl (C=O) groups is 1. The number of carbonyl (C=O) groups excluding carboxylic acids is 1. The van der Waals surface area contributed by atoms with Gasteiger partial charge in [0.15, 0.2) is 0 Å². The molecule has 0 bridgehead atoms. The Morgan fingerprint density at radius 2 is 1.48 bits per heavy atom. The molecule has 0 atom stereocenters. The van der Waals surface area contributed by atoms with Crippen molar-refractivity contribution in [1.29, 1.82) is 0 Å². The number of nitrogens with zero attached hydrogens (tertiary/aromatic N) is 2. The van der Waals surface area contributed by atoms with Gasteiger partial charge < -0.3 is 24.0 Å². The molecular formula is C28H32F6N2O4. The van der Waals surface area contributed by atoms with Crippen molar-refractivity contribution in [3.8, 4) is 0 Å². The van der Waals surface area contributed by atoms with Crippen molar-refractivity contribution in [2.24, 2.45) is 0 Å². The molecule has 0 radical (unpaired) electrons. The highest BCUT2D eigenvalue weighted by Gasteiger charge is 2.46. The molecule has 2 fully saturated rings. The van der Waals surface area contributed by atoms with E-state index in [9.17, 15) is 31.1 Å². The van der Waals surface area contributed by atoms with Crippen LogP contribution in [0.1, 0.15) is 47.6 Å². The Morgan fingerprint density at radius 3 is 2.00 bits per heavy atom. The van der Waals surface area contributed by atoms with Gasteiger partial charge in [-0.1, -0.05) is 24.3 Å². The number of methoxy groups -OCH3 is 1. The minimum Gasteiger partial charge on any atom is -0.441 e. The third-order valence-corrected chi connectivity index (χ3v) is 7.31. The third-order valence-electron chi connectivity index (χ3n) is 7.31. The van der Waals surface area contributed by atoms with Gasteiger partial charge in [-0.25, -0.2) is 4.79 Å². The molecule has 1 spiro atoms. The van der Waals surface area contributed by atoms with Crippen molar-refractivity contribution in [3.63, 3.8) is 0 Å². The maximum Gasteiger partial charge on any atom is 0.416 e. The molecule has 12 heteroatoms. The minimum absolute atomic E-state index is 0.121. The monoisotopic (exact) mass is 574 g/mol. The number of halogens is 6. The lowest BCUT2D eigenvalue weighted by molar-refractivity contribution is -0.138. The summed E-state index contributed by atoms with van der Waals surface area (Å²) in [5.41, 5.74) is -2.08. The van der Waals surface area contributed by atoms with Crippen molar-refractivity contribution < 1.29 is 45.3 Å². The van der Waals surface area contributed by atoms with E-state index in [1.165, 1.54) is 24.3 Å². The van der Waals surface area contributed by atoms with Crippen LogP contribution in [0.15, 0.2) is 48.5 Å². The van der Waals surface area contributed by atoms with Crippen LogP contribution in [0.25, 0.3) is 0 Å². The Morgan fingerprint density at radius 1 is 0.900 bits per heavy atom. The minimum atomic E-state index is -4.60. The van der Waals surface area contributed by atoms with E-state index >= 15 is 0 Å². The molecule has 2 aromatic carbocycles. The van der Waals surface area contributed by atoms with Gasteiger partial charge in [0.1, 0.15) is 11.7 Å². The van der Waals surface area contributed by atoms with E-state index in [2.05, 4.69) is 4.90 Å². The van der Waals surface area contributed by atoms with Gasteiger partial charge in [0.05, 0.1) is 24.3 Å². The van der Waals surface area contributed by atoms with E-state index in [-0.39, 0.29) is 23.8 Å². The van der Waals surface area contributed by atoms with Crippen LogP contribution in [0.3, 0.4) is 0 Å².